The molecule has 2 aromatic carbocycles. The minimum atomic E-state index is -0.483. The number of hydrogen-bond acceptors (Lipinski definition) is 4. The number of fused-ring (bicyclic) bond motifs is 2. The van der Waals surface area contributed by atoms with Gasteiger partial charge in [-0.3, -0.25) is 4.79 Å². The number of allylic oxidation sites excluding steroid dienone is 1. The van der Waals surface area contributed by atoms with Crippen LogP contribution < -0.4 is 0 Å². The van der Waals surface area contributed by atoms with E-state index in [1.165, 1.54) is 25.3 Å². The highest BCUT2D eigenvalue weighted by Crippen LogP contribution is 2.60. The van der Waals surface area contributed by atoms with Gasteiger partial charge in [0.15, 0.2) is 12.4 Å². The molecule has 6 heteroatoms. The third kappa shape index (κ3) is 3.89. The lowest BCUT2D eigenvalue weighted by Crippen LogP contribution is -2.51. The maximum Gasteiger partial charge on any atom is 0.339 e. The van der Waals surface area contributed by atoms with Crippen LogP contribution in [0, 0.1) is 29.0 Å². The Kier molecular flexibility index (Phi) is 5.70. The van der Waals surface area contributed by atoms with Crippen molar-refractivity contribution < 1.29 is 18.7 Å². The molecule has 38 heavy (non-hydrogen) atoms. The summed E-state index contributed by atoms with van der Waals surface area (Å²) in [7, 11) is 0. The highest BCUT2D eigenvalue weighted by atomic mass is 35.5. The third-order valence-electron chi connectivity index (χ3n) is 9.43. The fourth-order valence-electron chi connectivity index (χ4n) is 8.14. The molecule has 8 rings (SSSR count). The number of ether oxygens (including phenoxy) is 1. The van der Waals surface area contributed by atoms with Crippen molar-refractivity contribution in [1.29, 1.82) is 0 Å². The van der Waals surface area contributed by atoms with Gasteiger partial charge in [0.25, 0.3) is 0 Å². The minimum absolute atomic E-state index is 0.0923. The number of benzene rings is 2. The van der Waals surface area contributed by atoms with Crippen LogP contribution in [0.2, 0.25) is 5.02 Å². The van der Waals surface area contributed by atoms with Crippen LogP contribution >= 0.6 is 11.6 Å². The molecule has 0 spiro atoms. The molecule has 4 fully saturated rings. The van der Waals surface area contributed by atoms with Crippen molar-refractivity contribution in [2.75, 3.05) is 6.61 Å². The number of rotatable bonds is 5. The highest BCUT2D eigenvalue weighted by Gasteiger charge is 2.54. The summed E-state index contributed by atoms with van der Waals surface area (Å²) in [5.74, 6) is 1.17. The molecule has 0 amide bonds. The molecule has 1 aromatic heterocycles. The van der Waals surface area contributed by atoms with Crippen LogP contribution in [-0.4, -0.2) is 23.3 Å². The number of nitrogens with zero attached hydrogens (tertiary/aromatic N) is 1. The monoisotopic (exact) mass is 529 g/mol. The van der Waals surface area contributed by atoms with Gasteiger partial charge in [0.05, 0.1) is 21.8 Å². The minimum Gasteiger partial charge on any atom is -0.454 e. The summed E-state index contributed by atoms with van der Waals surface area (Å²) in [6.45, 7) is -0.177. The van der Waals surface area contributed by atoms with Gasteiger partial charge >= 0.3 is 5.97 Å². The number of ketones is 1. The molecular formula is C32H29ClFNO3. The van der Waals surface area contributed by atoms with Crippen molar-refractivity contribution in [1.82, 2.24) is 4.98 Å². The Morgan fingerprint density at radius 2 is 1.71 bits per heavy atom. The van der Waals surface area contributed by atoms with Crippen LogP contribution in [-0.2, 0) is 16.0 Å². The van der Waals surface area contributed by atoms with Gasteiger partial charge in [-0.1, -0.05) is 35.9 Å². The molecule has 3 aromatic rings. The predicted molar refractivity (Wildman–Crippen MR) is 145 cm³/mol. The van der Waals surface area contributed by atoms with E-state index in [4.69, 9.17) is 21.3 Å². The second kappa shape index (κ2) is 9.01. The molecule has 0 saturated heterocycles. The number of Topliss-reactive ketones (excluding diaryl/α,β-unsaturated/α-hetero) is 1. The van der Waals surface area contributed by atoms with Crippen LogP contribution in [0.5, 0.6) is 0 Å². The van der Waals surface area contributed by atoms with E-state index in [0.717, 1.165) is 30.4 Å². The van der Waals surface area contributed by atoms with Crippen LogP contribution in [0.1, 0.15) is 72.1 Å². The summed E-state index contributed by atoms with van der Waals surface area (Å²) >= 11 is 6.28. The average Bonchev–Trinajstić information content (AvgIpc) is 3.29. The van der Waals surface area contributed by atoms with Crippen molar-refractivity contribution in [3.05, 3.63) is 75.7 Å². The molecule has 0 N–H and O–H groups in total. The van der Waals surface area contributed by atoms with Gasteiger partial charge in [0, 0.05) is 16.4 Å². The first-order valence-corrected chi connectivity index (χ1v) is 14.0. The summed E-state index contributed by atoms with van der Waals surface area (Å²) in [4.78, 5) is 32.0. The average molecular weight is 530 g/mol. The fourth-order valence-corrected chi connectivity index (χ4v) is 8.36. The second-order valence-electron chi connectivity index (χ2n) is 11.8. The van der Waals surface area contributed by atoms with Gasteiger partial charge < -0.3 is 4.74 Å². The number of carbonyl (C=O) groups is 2. The highest BCUT2D eigenvalue weighted by molar-refractivity contribution is 6.32. The maximum absolute atomic E-state index is 14.5. The Bertz CT molecular complexity index is 1470. The summed E-state index contributed by atoms with van der Waals surface area (Å²) in [5, 5.41) is 1.04. The van der Waals surface area contributed by atoms with E-state index in [1.54, 1.807) is 18.2 Å². The molecular weight excluding hydrogens is 501 g/mol. The zero-order chi connectivity index (χ0) is 26.0. The number of pyridine rings is 1. The van der Waals surface area contributed by atoms with Gasteiger partial charge in [-0.2, -0.15) is 0 Å². The van der Waals surface area contributed by atoms with Crippen LogP contribution in [0.15, 0.2) is 42.5 Å². The van der Waals surface area contributed by atoms with E-state index < -0.39 is 11.8 Å². The molecule has 5 aliphatic carbocycles. The van der Waals surface area contributed by atoms with Gasteiger partial charge in [-0.15, -0.1) is 0 Å². The Labute approximate surface area is 226 Å². The Morgan fingerprint density at radius 3 is 2.42 bits per heavy atom. The third-order valence-corrected chi connectivity index (χ3v) is 9.76. The van der Waals surface area contributed by atoms with E-state index in [2.05, 4.69) is 0 Å². The maximum atomic E-state index is 14.5. The van der Waals surface area contributed by atoms with Crippen molar-refractivity contribution in [3.8, 4) is 0 Å². The summed E-state index contributed by atoms with van der Waals surface area (Å²) < 4.78 is 20.3. The Balaban J connectivity index is 1.20. The van der Waals surface area contributed by atoms with Crippen LogP contribution in [0.25, 0.3) is 22.6 Å². The van der Waals surface area contributed by atoms with E-state index in [9.17, 15) is 14.0 Å². The standard InChI is InChI=1S/C32H29ClFNO3/c33-25-5-3-6-26(34)24(25)13-21-8-9-23-29(22-4-1-2-7-27(22)35-30(21)23)31(37)38-17-28(36)32-14-18-10-19(15-32)12-20(11-18)16-32/h1-7,13,18-20H,8-12,14-17H2. The molecule has 0 aliphatic heterocycles. The molecule has 0 atom stereocenters. The number of hydrogen-bond donors (Lipinski definition) is 0. The number of halogens is 2. The smallest absolute Gasteiger partial charge is 0.339 e. The molecule has 4 bridgehead atoms. The molecule has 5 aliphatic rings. The zero-order valence-corrected chi connectivity index (χ0v) is 21.9. The van der Waals surface area contributed by atoms with Crippen LogP contribution in [0.4, 0.5) is 4.39 Å². The zero-order valence-electron chi connectivity index (χ0n) is 21.1. The number of esters is 1. The second-order valence-corrected chi connectivity index (χ2v) is 12.2. The lowest BCUT2D eigenvalue weighted by atomic mass is 9.48. The normalized spacial score (nSPS) is 28.2. The van der Waals surface area contributed by atoms with Gasteiger partial charge in [-0.25, -0.2) is 14.2 Å². The van der Waals surface area contributed by atoms with E-state index in [1.807, 2.05) is 24.3 Å². The lowest BCUT2D eigenvalue weighted by Gasteiger charge is -2.55. The number of aromatic nitrogens is 1. The summed E-state index contributed by atoms with van der Waals surface area (Å²) in [6, 6.07) is 12.1. The molecule has 0 radical (unpaired) electrons. The Hall–Kier alpha value is -3.05. The van der Waals surface area contributed by atoms with Crippen molar-refractivity contribution in [3.63, 3.8) is 0 Å². The number of para-hydroxylation sites is 1. The predicted octanol–water partition coefficient (Wildman–Crippen LogP) is 7.46. The first-order valence-electron chi connectivity index (χ1n) is 13.7. The molecule has 194 valence electrons. The lowest BCUT2D eigenvalue weighted by molar-refractivity contribution is -0.147. The molecule has 4 nitrogen and oxygen atoms in total. The van der Waals surface area contributed by atoms with Crippen LogP contribution in [0.3, 0.4) is 0 Å². The molecule has 1 heterocycles. The quantitative estimate of drug-likeness (QED) is 0.322. The topological polar surface area (TPSA) is 56.3 Å². The molecule has 0 unspecified atom stereocenters. The van der Waals surface area contributed by atoms with Crippen molar-refractivity contribution in [2.24, 2.45) is 23.2 Å². The first kappa shape index (κ1) is 24.0. The SMILES string of the molecule is O=C(OCC(=O)C12CC3CC(CC(C3)C1)C2)c1c2c(nc3ccccc13)C(=Cc1c(F)cccc1Cl)CC2. The van der Waals surface area contributed by atoms with Gasteiger partial charge in [0.1, 0.15) is 5.82 Å². The largest absolute Gasteiger partial charge is 0.454 e. The fraction of sp³-hybridized carbons (Fsp3) is 0.406. The summed E-state index contributed by atoms with van der Waals surface area (Å²) in [6.07, 6.45) is 9.56. The van der Waals surface area contributed by atoms with E-state index in [0.29, 0.717) is 63.3 Å². The van der Waals surface area contributed by atoms with E-state index in [-0.39, 0.29) is 17.8 Å². The summed E-state index contributed by atoms with van der Waals surface area (Å²) in [5.41, 5.74) is 3.43. The van der Waals surface area contributed by atoms with Crippen molar-refractivity contribution >= 4 is 45.9 Å². The molecule has 4 saturated carbocycles. The van der Waals surface area contributed by atoms with Gasteiger partial charge in [0.2, 0.25) is 0 Å². The van der Waals surface area contributed by atoms with E-state index >= 15 is 0 Å². The Morgan fingerprint density at radius 1 is 1.00 bits per heavy atom. The first-order chi connectivity index (χ1) is 18.4. The number of carbonyl (C=O) groups excluding carboxylic acids is 2. The van der Waals surface area contributed by atoms with Crippen molar-refractivity contribution in [2.45, 2.75) is 51.4 Å². The van der Waals surface area contributed by atoms with Gasteiger partial charge in [-0.05, 0) is 105 Å².